The third-order valence-electron chi connectivity index (χ3n) is 1.32. The number of hydrogen-bond donors (Lipinski definition) is 0. The molecular formula is C8H17OPd-. The third-order valence-corrected chi connectivity index (χ3v) is 1.32. The summed E-state index contributed by atoms with van der Waals surface area (Å²) in [4.78, 5) is 0. The summed E-state index contributed by atoms with van der Waals surface area (Å²) in [6.45, 7) is 9.85. The first-order valence-electron chi connectivity index (χ1n) is 3.77. The Morgan fingerprint density at radius 3 is 1.90 bits per heavy atom. The Hall–Kier alpha value is 0.622. The molecule has 0 aliphatic carbocycles. The van der Waals surface area contributed by atoms with Crippen molar-refractivity contribution in [1.29, 1.82) is 0 Å². The van der Waals surface area contributed by atoms with Crippen molar-refractivity contribution in [2.45, 2.75) is 45.8 Å². The predicted octanol–water partition coefficient (Wildman–Crippen LogP) is 2.41. The van der Waals surface area contributed by atoms with Crippen LogP contribution in [0.15, 0.2) is 0 Å². The summed E-state index contributed by atoms with van der Waals surface area (Å²) < 4.78 is 5.25. The maximum atomic E-state index is 5.25. The van der Waals surface area contributed by atoms with Gasteiger partial charge in [-0.05, 0) is 13.3 Å². The molecule has 0 aromatic heterocycles. The fourth-order valence-corrected chi connectivity index (χ4v) is 0.885. The van der Waals surface area contributed by atoms with Gasteiger partial charge in [-0.15, -0.1) is 0 Å². The second-order valence-corrected chi connectivity index (χ2v) is 2.15. The molecule has 0 spiro atoms. The van der Waals surface area contributed by atoms with Gasteiger partial charge in [0.1, 0.15) is 0 Å². The fraction of sp³-hybridized carbons (Fsp3) is 0.875. The smallest absolute Gasteiger partial charge is 0.0515 e. The maximum Gasteiger partial charge on any atom is 0.0515 e. The first-order valence-corrected chi connectivity index (χ1v) is 3.77. The van der Waals surface area contributed by atoms with E-state index in [0.717, 1.165) is 6.42 Å². The number of ether oxygens (including phenoxy) is 1. The van der Waals surface area contributed by atoms with E-state index in [1.807, 2.05) is 13.8 Å². The van der Waals surface area contributed by atoms with Crippen molar-refractivity contribution in [3.63, 3.8) is 0 Å². The monoisotopic (exact) mass is 235 g/mol. The van der Waals surface area contributed by atoms with Crippen molar-refractivity contribution in [1.82, 2.24) is 0 Å². The summed E-state index contributed by atoms with van der Waals surface area (Å²) in [6.07, 6.45) is 3.06. The maximum absolute atomic E-state index is 5.25. The molecule has 1 aliphatic rings. The van der Waals surface area contributed by atoms with Gasteiger partial charge in [-0.25, -0.2) is 0 Å². The Labute approximate surface area is 78.2 Å². The first-order chi connectivity index (χ1) is 4.29. The zero-order chi connectivity index (χ0) is 7.28. The van der Waals surface area contributed by atoms with Crippen LogP contribution in [-0.2, 0) is 25.2 Å². The Bertz CT molecular complexity index is 58.3. The zero-order valence-electron chi connectivity index (χ0n) is 7.00. The molecule has 0 radical (unpaired) electrons. The number of hydrogen-bond acceptors (Lipinski definition) is 1. The molecule has 0 aromatic carbocycles. The first kappa shape index (κ1) is 13.2. The molecule has 1 fully saturated rings. The SMILES string of the molecule is CC.[CH2-]C1CCC(C)O1.[Pd]. The molecule has 1 saturated heterocycles. The molecule has 0 aromatic rings. The van der Waals surface area contributed by atoms with E-state index in [4.69, 9.17) is 4.74 Å². The van der Waals surface area contributed by atoms with Crippen molar-refractivity contribution < 1.29 is 25.2 Å². The van der Waals surface area contributed by atoms with Crippen molar-refractivity contribution in [3.8, 4) is 0 Å². The van der Waals surface area contributed by atoms with Crippen LogP contribution in [0.5, 0.6) is 0 Å². The minimum absolute atomic E-state index is 0. The predicted molar refractivity (Wildman–Crippen MR) is 40.3 cm³/mol. The fourth-order valence-electron chi connectivity index (χ4n) is 0.885. The van der Waals surface area contributed by atoms with E-state index in [-0.39, 0.29) is 26.5 Å². The summed E-state index contributed by atoms with van der Waals surface area (Å²) >= 11 is 0. The van der Waals surface area contributed by atoms with Crippen LogP contribution >= 0.6 is 0 Å². The van der Waals surface area contributed by atoms with E-state index in [9.17, 15) is 0 Å². The molecule has 0 N–H and O–H groups in total. The second-order valence-electron chi connectivity index (χ2n) is 2.15. The van der Waals surface area contributed by atoms with Gasteiger partial charge in [-0.1, -0.05) is 26.4 Å². The van der Waals surface area contributed by atoms with Gasteiger partial charge in [0.15, 0.2) is 0 Å². The van der Waals surface area contributed by atoms with Gasteiger partial charge in [0.25, 0.3) is 0 Å². The van der Waals surface area contributed by atoms with Crippen molar-refractivity contribution in [2.75, 3.05) is 0 Å². The minimum Gasteiger partial charge on any atom is -0.407 e. The molecule has 0 saturated carbocycles. The van der Waals surface area contributed by atoms with Gasteiger partial charge in [-0.2, -0.15) is 0 Å². The van der Waals surface area contributed by atoms with Crippen LogP contribution in [0.25, 0.3) is 0 Å². The molecule has 2 unspecified atom stereocenters. The topological polar surface area (TPSA) is 9.23 Å². The van der Waals surface area contributed by atoms with E-state index < -0.39 is 0 Å². The van der Waals surface area contributed by atoms with Gasteiger partial charge in [-0.3, -0.25) is 0 Å². The summed E-state index contributed by atoms with van der Waals surface area (Å²) in [5, 5.41) is 0. The van der Waals surface area contributed by atoms with E-state index in [1.54, 1.807) is 0 Å². The quantitative estimate of drug-likeness (QED) is 0.463. The van der Waals surface area contributed by atoms with E-state index in [0.29, 0.717) is 6.10 Å². The van der Waals surface area contributed by atoms with Gasteiger partial charge in [0.05, 0.1) is 6.10 Å². The molecular weight excluding hydrogens is 219 g/mol. The van der Waals surface area contributed by atoms with Crippen LogP contribution in [0.4, 0.5) is 0 Å². The van der Waals surface area contributed by atoms with E-state index in [1.165, 1.54) is 6.42 Å². The van der Waals surface area contributed by atoms with Crippen molar-refractivity contribution in [3.05, 3.63) is 6.92 Å². The minimum atomic E-state index is 0. The molecule has 1 nitrogen and oxygen atoms in total. The van der Waals surface area contributed by atoms with Crippen LogP contribution < -0.4 is 0 Å². The van der Waals surface area contributed by atoms with Crippen molar-refractivity contribution in [2.24, 2.45) is 0 Å². The summed E-state index contributed by atoms with van der Waals surface area (Å²) in [6, 6.07) is 0. The molecule has 0 bridgehead atoms. The van der Waals surface area contributed by atoms with Crippen molar-refractivity contribution >= 4 is 0 Å². The number of rotatable bonds is 0. The van der Waals surface area contributed by atoms with Crippen LogP contribution in [0.1, 0.15) is 33.6 Å². The van der Waals surface area contributed by atoms with Gasteiger partial charge < -0.3 is 11.7 Å². The third kappa shape index (κ3) is 5.41. The Kier molecular flexibility index (Phi) is 10.2. The summed E-state index contributed by atoms with van der Waals surface area (Å²) in [5.74, 6) is 0. The molecule has 0 amide bonds. The molecule has 2 atom stereocenters. The molecule has 2 heteroatoms. The van der Waals surface area contributed by atoms with E-state index >= 15 is 0 Å². The normalized spacial score (nSPS) is 30.0. The zero-order valence-corrected chi connectivity index (χ0v) is 8.56. The van der Waals surface area contributed by atoms with E-state index in [2.05, 4.69) is 13.8 Å². The summed E-state index contributed by atoms with van der Waals surface area (Å²) in [7, 11) is 0. The van der Waals surface area contributed by atoms with Gasteiger partial charge in [0, 0.05) is 20.4 Å². The second kappa shape index (κ2) is 7.73. The van der Waals surface area contributed by atoms with Crippen LogP contribution in [-0.4, -0.2) is 12.2 Å². The Morgan fingerprint density at radius 2 is 1.80 bits per heavy atom. The molecule has 1 heterocycles. The standard InChI is InChI=1S/C6H11O.C2H6.Pd/c1-5-3-4-6(2)7-5;1-2;/h5-6H,1,3-4H2,2H3;1-2H3;/q-1;;. The molecule has 10 heavy (non-hydrogen) atoms. The van der Waals surface area contributed by atoms with Crippen LogP contribution in [0.3, 0.4) is 0 Å². The average Bonchev–Trinajstić information content (AvgIpc) is 2.20. The van der Waals surface area contributed by atoms with Crippen LogP contribution in [0.2, 0.25) is 0 Å². The molecule has 1 rings (SSSR count). The largest absolute Gasteiger partial charge is 0.407 e. The average molecular weight is 236 g/mol. The summed E-state index contributed by atoms with van der Waals surface area (Å²) in [5.41, 5.74) is 0. The Balaban J connectivity index is 0. The Morgan fingerprint density at radius 1 is 1.30 bits per heavy atom. The van der Waals surface area contributed by atoms with Gasteiger partial charge in [0.2, 0.25) is 0 Å². The van der Waals surface area contributed by atoms with Crippen LogP contribution in [0, 0.1) is 6.92 Å². The van der Waals surface area contributed by atoms with Gasteiger partial charge >= 0.3 is 0 Å². The molecule has 66 valence electrons. The molecule has 1 aliphatic heterocycles.